The summed E-state index contributed by atoms with van der Waals surface area (Å²) in [5.74, 6) is 0.409. The van der Waals surface area contributed by atoms with Crippen LogP contribution in [-0.4, -0.2) is 32.2 Å². The molecule has 0 aromatic carbocycles. The average Bonchev–Trinajstić information content (AvgIpc) is 2.71. The Hall–Kier alpha value is -1.69. The van der Waals surface area contributed by atoms with Crippen LogP contribution in [0.5, 0.6) is 0 Å². The highest BCUT2D eigenvalue weighted by molar-refractivity contribution is 5.81. The topological polar surface area (TPSA) is 78.9 Å². The fourth-order valence-corrected chi connectivity index (χ4v) is 1.75. The van der Waals surface area contributed by atoms with Crippen molar-refractivity contribution in [2.24, 2.45) is 5.41 Å². The minimum Gasteiger partial charge on any atom is -0.382 e. The van der Waals surface area contributed by atoms with Gasteiger partial charge in [0.05, 0.1) is 25.6 Å². The van der Waals surface area contributed by atoms with Crippen LogP contribution in [0.2, 0.25) is 0 Å². The zero-order valence-corrected chi connectivity index (χ0v) is 11.9. The van der Waals surface area contributed by atoms with E-state index in [-0.39, 0.29) is 11.5 Å². The largest absolute Gasteiger partial charge is 0.382 e. The van der Waals surface area contributed by atoms with E-state index in [1.54, 1.807) is 6.33 Å². The lowest BCUT2D eigenvalue weighted by atomic mass is 9.99. The fraction of sp³-hybridized carbons (Fsp3) is 0.615. The normalized spacial score (nSPS) is 13.9. The van der Waals surface area contributed by atoms with Gasteiger partial charge in [-0.3, -0.25) is 0 Å². The number of imidazole rings is 1. The van der Waals surface area contributed by atoms with E-state index in [1.165, 1.54) is 6.33 Å². The first kappa shape index (κ1) is 13.7. The monoisotopic (exact) mass is 263 g/mol. The van der Waals surface area contributed by atoms with Gasteiger partial charge in [0, 0.05) is 0 Å². The van der Waals surface area contributed by atoms with Crippen molar-refractivity contribution in [1.29, 1.82) is 0 Å². The molecule has 104 valence electrons. The molecule has 0 aliphatic carbocycles. The number of hydrogen-bond acceptors (Lipinski definition) is 5. The van der Waals surface area contributed by atoms with Gasteiger partial charge in [-0.1, -0.05) is 20.8 Å². The van der Waals surface area contributed by atoms with E-state index in [4.69, 9.17) is 10.5 Å². The summed E-state index contributed by atoms with van der Waals surface area (Å²) in [5.41, 5.74) is 7.32. The van der Waals surface area contributed by atoms with Crippen LogP contribution in [0.4, 0.5) is 5.82 Å². The Kier molecular flexibility index (Phi) is 3.71. The molecule has 0 aliphatic rings. The Bertz CT molecular complexity index is 558. The summed E-state index contributed by atoms with van der Waals surface area (Å²) in [7, 11) is 0. The van der Waals surface area contributed by atoms with Gasteiger partial charge in [0.2, 0.25) is 0 Å². The summed E-state index contributed by atoms with van der Waals surface area (Å²) in [6.07, 6.45) is 3.27. The van der Waals surface area contributed by atoms with E-state index < -0.39 is 0 Å². The Morgan fingerprint density at radius 2 is 2.05 bits per heavy atom. The Morgan fingerprint density at radius 1 is 1.32 bits per heavy atom. The van der Waals surface area contributed by atoms with E-state index in [0.29, 0.717) is 17.9 Å². The molecule has 6 heteroatoms. The maximum atomic E-state index is 5.84. The van der Waals surface area contributed by atoms with Gasteiger partial charge in [-0.2, -0.15) is 0 Å². The molecule has 0 fully saturated rings. The first-order valence-electron chi connectivity index (χ1n) is 6.40. The smallest absolute Gasteiger partial charge is 0.165 e. The molecule has 0 bridgehead atoms. The minimum atomic E-state index is 0.0906. The molecule has 19 heavy (non-hydrogen) atoms. The summed E-state index contributed by atoms with van der Waals surface area (Å²) in [6, 6.07) is 0. The van der Waals surface area contributed by atoms with Gasteiger partial charge in [-0.05, 0) is 12.3 Å². The zero-order chi connectivity index (χ0) is 14.0. The SMILES string of the molecule is C[C@H](Cn1cnc2c(N)ncnc21)OCC(C)(C)C. The third kappa shape index (κ3) is 3.41. The molecule has 0 radical (unpaired) electrons. The van der Waals surface area contributed by atoms with E-state index in [1.807, 2.05) is 11.5 Å². The maximum absolute atomic E-state index is 5.84. The molecule has 2 N–H and O–H groups in total. The molecule has 2 aromatic rings. The summed E-state index contributed by atoms with van der Waals surface area (Å²) >= 11 is 0. The maximum Gasteiger partial charge on any atom is 0.165 e. The third-order valence-electron chi connectivity index (χ3n) is 2.68. The second kappa shape index (κ2) is 5.13. The second-order valence-electron chi connectivity index (χ2n) is 6.01. The van der Waals surface area contributed by atoms with Crippen molar-refractivity contribution in [3.63, 3.8) is 0 Å². The molecule has 2 aromatic heterocycles. The molecule has 0 saturated heterocycles. The van der Waals surface area contributed by atoms with E-state index in [0.717, 1.165) is 12.3 Å². The number of hydrogen-bond donors (Lipinski definition) is 1. The standard InChI is InChI=1S/C13H21N5O/c1-9(19-6-13(2,3)4)5-18-8-17-10-11(14)15-7-16-12(10)18/h7-9H,5-6H2,1-4H3,(H2,14,15,16)/t9-/m1/s1. The number of nitrogens with zero attached hydrogens (tertiary/aromatic N) is 4. The lowest BCUT2D eigenvalue weighted by molar-refractivity contribution is 0.0106. The minimum absolute atomic E-state index is 0.0906. The van der Waals surface area contributed by atoms with Crippen molar-refractivity contribution in [3.05, 3.63) is 12.7 Å². The van der Waals surface area contributed by atoms with Gasteiger partial charge in [-0.25, -0.2) is 15.0 Å². The first-order valence-corrected chi connectivity index (χ1v) is 6.40. The van der Waals surface area contributed by atoms with Crippen LogP contribution < -0.4 is 5.73 Å². The van der Waals surface area contributed by atoms with Crippen molar-refractivity contribution >= 4 is 17.0 Å². The Balaban J connectivity index is 2.07. The van der Waals surface area contributed by atoms with Gasteiger partial charge >= 0.3 is 0 Å². The molecule has 0 amide bonds. The van der Waals surface area contributed by atoms with Crippen molar-refractivity contribution in [2.45, 2.75) is 40.3 Å². The number of nitrogen functional groups attached to an aromatic ring is 1. The first-order chi connectivity index (χ1) is 8.87. The molecule has 0 aliphatic heterocycles. The van der Waals surface area contributed by atoms with Crippen LogP contribution in [0, 0.1) is 5.41 Å². The number of aromatic nitrogens is 4. The third-order valence-corrected chi connectivity index (χ3v) is 2.68. The fourth-order valence-electron chi connectivity index (χ4n) is 1.75. The molecule has 6 nitrogen and oxygen atoms in total. The van der Waals surface area contributed by atoms with Crippen LogP contribution in [-0.2, 0) is 11.3 Å². The molecule has 2 heterocycles. The van der Waals surface area contributed by atoms with Crippen LogP contribution in [0.25, 0.3) is 11.2 Å². The number of anilines is 1. The predicted octanol–water partition coefficient (Wildman–Crippen LogP) is 1.86. The van der Waals surface area contributed by atoms with Crippen LogP contribution in [0.1, 0.15) is 27.7 Å². The number of nitrogens with two attached hydrogens (primary N) is 1. The molecular formula is C13H21N5O. The van der Waals surface area contributed by atoms with E-state index >= 15 is 0 Å². The van der Waals surface area contributed by atoms with Crippen molar-refractivity contribution in [2.75, 3.05) is 12.3 Å². The van der Waals surface area contributed by atoms with Crippen molar-refractivity contribution in [3.8, 4) is 0 Å². The number of fused-ring (bicyclic) bond motifs is 1. The van der Waals surface area contributed by atoms with Gasteiger partial charge < -0.3 is 15.0 Å². The van der Waals surface area contributed by atoms with Crippen LogP contribution >= 0.6 is 0 Å². The van der Waals surface area contributed by atoms with Gasteiger partial charge in [0.25, 0.3) is 0 Å². The Morgan fingerprint density at radius 3 is 2.74 bits per heavy atom. The predicted molar refractivity (Wildman–Crippen MR) is 74.6 cm³/mol. The molecule has 2 rings (SSSR count). The molecule has 1 atom stereocenters. The van der Waals surface area contributed by atoms with E-state index in [9.17, 15) is 0 Å². The highest BCUT2D eigenvalue weighted by Crippen LogP contribution is 2.17. The molecular weight excluding hydrogens is 242 g/mol. The van der Waals surface area contributed by atoms with Gasteiger partial charge in [0.1, 0.15) is 11.8 Å². The van der Waals surface area contributed by atoms with Gasteiger partial charge in [0.15, 0.2) is 11.5 Å². The second-order valence-corrected chi connectivity index (χ2v) is 6.01. The van der Waals surface area contributed by atoms with Crippen LogP contribution in [0.15, 0.2) is 12.7 Å². The number of rotatable bonds is 4. The van der Waals surface area contributed by atoms with E-state index in [2.05, 4.69) is 35.7 Å². The molecule has 0 spiro atoms. The summed E-state index contributed by atoms with van der Waals surface area (Å²) in [4.78, 5) is 12.4. The lowest BCUT2D eigenvalue weighted by Crippen LogP contribution is -2.23. The highest BCUT2D eigenvalue weighted by atomic mass is 16.5. The summed E-state index contributed by atoms with van der Waals surface area (Å²) in [6.45, 7) is 9.92. The summed E-state index contributed by atoms with van der Waals surface area (Å²) < 4.78 is 7.78. The average molecular weight is 263 g/mol. The quantitative estimate of drug-likeness (QED) is 0.910. The van der Waals surface area contributed by atoms with Gasteiger partial charge in [-0.15, -0.1) is 0 Å². The molecule has 0 unspecified atom stereocenters. The van der Waals surface area contributed by atoms with Crippen molar-refractivity contribution < 1.29 is 4.74 Å². The summed E-state index contributed by atoms with van der Waals surface area (Å²) in [5, 5.41) is 0. The molecule has 0 saturated carbocycles. The number of ether oxygens (including phenoxy) is 1. The van der Waals surface area contributed by atoms with Crippen molar-refractivity contribution in [1.82, 2.24) is 19.5 Å². The zero-order valence-electron chi connectivity index (χ0n) is 11.9. The Labute approximate surface area is 113 Å². The lowest BCUT2D eigenvalue weighted by Gasteiger charge is -2.22. The van der Waals surface area contributed by atoms with Crippen LogP contribution in [0.3, 0.4) is 0 Å². The highest BCUT2D eigenvalue weighted by Gasteiger charge is 2.15.